The summed E-state index contributed by atoms with van der Waals surface area (Å²) < 4.78 is 89.3. The highest BCUT2D eigenvalue weighted by atomic mass is 35.5. The largest absolute Gasteiger partial charge is 0.460 e. The van der Waals surface area contributed by atoms with Gasteiger partial charge in [0.05, 0.1) is 22.2 Å². The maximum absolute atomic E-state index is 13.4. The zero-order valence-electron chi connectivity index (χ0n) is 16.9. The summed E-state index contributed by atoms with van der Waals surface area (Å²) in [6.45, 7) is 1.46. The van der Waals surface area contributed by atoms with E-state index in [2.05, 4.69) is 10.5 Å². The average molecular weight is 532 g/mol. The molecular weight excluding hydrogens is 518 g/mol. The van der Waals surface area contributed by atoms with Gasteiger partial charge in [-0.05, 0) is 42.3 Å². The van der Waals surface area contributed by atoms with Gasteiger partial charge in [-0.2, -0.15) is 35.8 Å². The van der Waals surface area contributed by atoms with Crippen LogP contribution in [0, 0.1) is 0 Å². The van der Waals surface area contributed by atoms with Crippen molar-refractivity contribution in [2.45, 2.75) is 31.4 Å². The smallest absolute Gasteiger partial charge is 0.321 e. The molecule has 5 nitrogen and oxygen atoms in total. The summed E-state index contributed by atoms with van der Waals surface area (Å²) in [5, 5.41) is 5.74. The van der Waals surface area contributed by atoms with E-state index in [9.17, 15) is 40.3 Å². The minimum atomic E-state index is -6.63. The molecule has 14 heteroatoms. The lowest BCUT2D eigenvalue weighted by atomic mass is 10.1. The van der Waals surface area contributed by atoms with E-state index in [1.807, 2.05) is 0 Å². The van der Waals surface area contributed by atoms with Gasteiger partial charge < -0.3 is 5.32 Å². The molecule has 2 rings (SSSR count). The van der Waals surface area contributed by atoms with Gasteiger partial charge in [0.25, 0.3) is 0 Å². The molecule has 0 radical (unpaired) electrons. The molecule has 184 valence electrons. The number of hydrogen-bond donors (Lipinski definition) is 2. The summed E-state index contributed by atoms with van der Waals surface area (Å²) in [6.07, 6.45) is -6.70. The quantitative estimate of drug-likeness (QED) is 0.267. The number of hydrazone groups is 1. The maximum atomic E-state index is 13.4. The lowest BCUT2D eigenvalue weighted by molar-refractivity contribution is -0.343. The summed E-state index contributed by atoms with van der Waals surface area (Å²) in [7, 11) is 0. The number of benzene rings is 2. The third kappa shape index (κ3) is 6.17. The molecule has 0 bridgehead atoms. The Balaban J connectivity index is 2.02. The van der Waals surface area contributed by atoms with Crippen LogP contribution in [0.2, 0.25) is 10.0 Å². The number of halogens is 9. The molecule has 0 heterocycles. The van der Waals surface area contributed by atoms with Crippen LogP contribution in [0.3, 0.4) is 0 Å². The average Bonchev–Trinajstić information content (AvgIpc) is 2.74. The Hall–Kier alpha value is -2.86. The maximum Gasteiger partial charge on any atom is 0.460 e. The van der Waals surface area contributed by atoms with E-state index in [0.29, 0.717) is 16.1 Å². The first-order chi connectivity index (χ1) is 15.6. The van der Waals surface area contributed by atoms with E-state index in [4.69, 9.17) is 23.2 Å². The topological polar surface area (TPSA) is 70.6 Å². The Bertz CT molecular complexity index is 1100. The fourth-order valence-electron chi connectivity index (χ4n) is 2.41. The molecule has 2 N–H and O–H groups in total. The molecule has 0 aliphatic carbocycles. The minimum absolute atomic E-state index is 0.0740. The molecule has 0 saturated carbocycles. The molecule has 34 heavy (non-hydrogen) atoms. The van der Waals surface area contributed by atoms with Crippen molar-refractivity contribution in [1.82, 2.24) is 5.43 Å². The number of nitrogens with zero attached hydrogens (tertiary/aromatic N) is 1. The van der Waals surface area contributed by atoms with Crippen molar-refractivity contribution in [3.8, 4) is 0 Å². The molecule has 0 spiro atoms. The van der Waals surface area contributed by atoms with Gasteiger partial charge in [-0.3, -0.25) is 9.59 Å². The molecule has 2 aromatic carbocycles. The molecular formula is C20H14Cl2F7N3O2. The van der Waals surface area contributed by atoms with Gasteiger partial charge in [0.15, 0.2) is 0 Å². The first-order valence-electron chi connectivity index (χ1n) is 9.07. The normalized spacial score (nSPS) is 12.9. The number of amides is 2. The van der Waals surface area contributed by atoms with Crippen molar-refractivity contribution in [1.29, 1.82) is 0 Å². The van der Waals surface area contributed by atoms with Gasteiger partial charge in [0, 0.05) is 5.69 Å². The molecule has 0 saturated heterocycles. The SMILES string of the molecule is CC(=NNC(=O)Cc1ccc(Cl)c(Cl)c1)c1ccc(NC(=O)C(F)(F)C(F)(F)C(F)(F)F)cc1. The third-order valence-electron chi connectivity index (χ3n) is 4.29. The van der Waals surface area contributed by atoms with Crippen LogP contribution in [0.15, 0.2) is 47.6 Å². The number of nitrogens with one attached hydrogen (secondary N) is 2. The van der Waals surface area contributed by atoms with Crippen molar-refractivity contribution < 1.29 is 40.3 Å². The van der Waals surface area contributed by atoms with E-state index in [-0.39, 0.29) is 17.2 Å². The van der Waals surface area contributed by atoms with Crippen LogP contribution in [0.25, 0.3) is 0 Å². The van der Waals surface area contributed by atoms with E-state index < -0.39 is 35.5 Å². The highest BCUT2D eigenvalue weighted by Crippen LogP contribution is 2.46. The minimum Gasteiger partial charge on any atom is -0.321 e. The lowest BCUT2D eigenvalue weighted by Crippen LogP contribution is -2.57. The second-order valence-electron chi connectivity index (χ2n) is 6.84. The van der Waals surface area contributed by atoms with Crippen molar-refractivity contribution in [3.05, 3.63) is 63.6 Å². The Morgan fingerprint density at radius 1 is 0.912 bits per heavy atom. The zero-order chi connectivity index (χ0) is 25.9. The molecule has 0 unspecified atom stereocenters. The van der Waals surface area contributed by atoms with E-state index >= 15 is 0 Å². The highest BCUT2D eigenvalue weighted by molar-refractivity contribution is 6.42. The first-order valence-corrected chi connectivity index (χ1v) is 9.83. The van der Waals surface area contributed by atoms with Gasteiger partial charge in [-0.15, -0.1) is 0 Å². The van der Waals surface area contributed by atoms with Gasteiger partial charge in [-0.1, -0.05) is 41.4 Å². The van der Waals surface area contributed by atoms with Crippen LogP contribution >= 0.6 is 23.2 Å². The molecule has 2 aromatic rings. The Morgan fingerprint density at radius 3 is 2.03 bits per heavy atom. The fraction of sp³-hybridized carbons (Fsp3) is 0.250. The van der Waals surface area contributed by atoms with Gasteiger partial charge in [0.2, 0.25) is 5.91 Å². The van der Waals surface area contributed by atoms with Crippen LogP contribution < -0.4 is 10.7 Å². The van der Waals surface area contributed by atoms with Crippen molar-refractivity contribution in [2.75, 3.05) is 5.32 Å². The number of carbonyl (C=O) groups excluding carboxylic acids is 2. The fourth-order valence-corrected chi connectivity index (χ4v) is 2.73. The first kappa shape index (κ1) is 27.4. The van der Waals surface area contributed by atoms with Crippen LogP contribution in [0.1, 0.15) is 18.1 Å². The molecule has 0 aliphatic rings. The zero-order valence-corrected chi connectivity index (χ0v) is 18.4. The lowest BCUT2D eigenvalue weighted by Gasteiger charge is -2.27. The van der Waals surface area contributed by atoms with Crippen molar-refractivity contribution in [2.24, 2.45) is 5.10 Å². The third-order valence-corrected chi connectivity index (χ3v) is 5.03. The van der Waals surface area contributed by atoms with Gasteiger partial charge in [-0.25, -0.2) is 5.43 Å². The van der Waals surface area contributed by atoms with Crippen LogP contribution in [-0.4, -0.2) is 35.5 Å². The summed E-state index contributed by atoms with van der Waals surface area (Å²) in [6, 6.07) is 8.98. The van der Waals surface area contributed by atoms with Crippen LogP contribution in [0.4, 0.5) is 36.4 Å². The molecule has 0 fully saturated rings. The number of rotatable bonds is 7. The summed E-state index contributed by atoms with van der Waals surface area (Å²) in [4.78, 5) is 23.4. The standard InChI is InChI=1S/C20H14Cl2F7N3O2/c1-10(31-32-16(33)9-11-2-7-14(21)15(22)8-11)12-3-5-13(6-4-12)30-17(34)18(23,24)19(25,26)20(27,28)29/h2-8H,9H2,1H3,(H,30,34)(H,32,33). The number of hydrogen-bond acceptors (Lipinski definition) is 3. The van der Waals surface area contributed by atoms with Crippen LogP contribution in [0.5, 0.6) is 0 Å². The summed E-state index contributed by atoms with van der Waals surface area (Å²) in [5.41, 5.74) is 2.92. The Labute approximate surface area is 197 Å². The van der Waals surface area contributed by atoms with Crippen molar-refractivity contribution in [3.63, 3.8) is 0 Å². The second-order valence-corrected chi connectivity index (χ2v) is 7.65. The van der Waals surface area contributed by atoms with Crippen molar-refractivity contribution >= 4 is 46.4 Å². The monoisotopic (exact) mass is 531 g/mol. The van der Waals surface area contributed by atoms with E-state index in [1.165, 1.54) is 36.5 Å². The van der Waals surface area contributed by atoms with Gasteiger partial charge >= 0.3 is 23.9 Å². The predicted octanol–water partition coefficient (Wildman–Crippen LogP) is 5.85. The summed E-state index contributed by atoms with van der Waals surface area (Å²) >= 11 is 11.7. The molecule has 0 aliphatic heterocycles. The predicted molar refractivity (Wildman–Crippen MR) is 112 cm³/mol. The second kappa shape index (κ2) is 10.2. The number of carbonyl (C=O) groups is 2. The van der Waals surface area contributed by atoms with Crippen LogP contribution in [-0.2, 0) is 16.0 Å². The van der Waals surface area contributed by atoms with Gasteiger partial charge in [0.1, 0.15) is 0 Å². The van der Waals surface area contributed by atoms with E-state index in [1.54, 1.807) is 6.07 Å². The summed E-state index contributed by atoms with van der Waals surface area (Å²) in [5.74, 6) is -15.9. The molecule has 2 amide bonds. The molecule has 0 atom stereocenters. The highest BCUT2D eigenvalue weighted by Gasteiger charge is 2.76. The van der Waals surface area contributed by atoms with E-state index in [0.717, 1.165) is 12.1 Å². The number of alkyl halides is 7. The Morgan fingerprint density at radius 2 is 1.50 bits per heavy atom. The number of anilines is 1. The molecule has 0 aromatic heterocycles. The Kier molecular flexibility index (Phi) is 8.20.